The third-order valence-corrected chi connectivity index (χ3v) is 6.16. The molecule has 0 saturated heterocycles. The van der Waals surface area contributed by atoms with Crippen molar-refractivity contribution in [2.24, 2.45) is 5.92 Å². The van der Waals surface area contributed by atoms with Gasteiger partial charge in [0.1, 0.15) is 5.82 Å². The third kappa shape index (κ3) is 4.65. The SMILES string of the molecule is CC(C)[C@H](NC(=O)CCCCc1nc2ccccc2s1)c1nc2ccccc2[nH]1. The fraction of sp³-hybridized carbons (Fsp3) is 0.348. The van der Waals surface area contributed by atoms with E-state index in [-0.39, 0.29) is 17.9 Å². The number of carbonyl (C=O) groups excluding carboxylic acids is 1. The molecule has 4 rings (SSSR count). The van der Waals surface area contributed by atoms with Crippen molar-refractivity contribution in [1.82, 2.24) is 20.3 Å². The molecule has 4 aromatic rings. The summed E-state index contributed by atoms with van der Waals surface area (Å²) in [5.41, 5.74) is 2.99. The molecule has 6 heteroatoms. The van der Waals surface area contributed by atoms with Gasteiger partial charge in [-0.2, -0.15) is 0 Å². The topological polar surface area (TPSA) is 70.7 Å². The van der Waals surface area contributed by atoms with Crippen molar-refractivity contribution in [1.29, 1.82) is 0 Å². The van der Waals surface area contributed by atoms with Crippen LogP contribution in [0.2, 0.25) is 0 Å². The number of carbonyl (C=O) groups is 1. The van der Waals surface area contributed by atoms with E-state index in [0.717, 1.165) is 46.6 Å². The number of unbranched alkanes of at least 4 members (excludes halogenated alkanes) is 1. The quantitative estimate of drug-likeness (QED) is 0.385. The van der Waals surface area contributed by atoms with Gasteiger partial charge in [-0.25, -0.2) is 9.97 Å². The molecule has 0 radical (unpaired) electrons. The number of benzene rings is 2. The van der Waals surface area contributed by atoms with E-state index in [9.17, 15) is 4.79 Å². The van der Waals surface area contributed by atoms with E-state index >= 15 is 0 Å². The molecular weight excluding hydrogens is 380 g/mol. The number of hydrogen-bond acceptors (Lipinski definition) is 4. The highest BCUT2D eigenvalue weighted by Crippen LogP contribution is 2.24. The van der Waals surface area contributed by atoms with Gasteiger partial charge in [-0.1, -0.05) is 38.1 Å². The van der Waals surface area contributed by atoms with E-state index < -0.39 is 0 Å². The molecular formula is C23H26N4OS. The summed E-state index contributed by atoms with van der Waals surface area (Å²) in [6.07, 6.45) is 3.26. The molecule has 0 bridgehead atoms. The normalized spacial score (nSPS) is 12.7. The molecule has 1 amide bonds. The van der Waals surface area contributed by atoms with E-state index in [1.54, 1.807) is 11.3 Å². The van der Waals surface area contributed by atoms with Gasteiger partial charge in [0, 0.05) is 6.42 Å². The molecule has 2 aromatic heterocycles. The van der Waals surface area contributed by atoms with Crippen molar-refractivity contribution in [2.75, 3.05) is 0 Å². The molecule has 2 heterocycles. The van der Waals surface area contributed by atoms with Crippen LogP contribution < -0.4 is 5.32 Å². The number of nitrogens with one attached hydrogen (secondary N) is 2. The summed E-state index contributed by atoms with van der Waals surface area (Å²) in [5.74, 6) is 1.15. The molecule has 2 aromatic carbocycles. The average Bonchev–Trinajstić information content (AvgIpc) is 3.32. The zero-order valence-electron chi connectivity index (χ0n) is 16.8. The first-order chi connectivity index (χ1) is 14.1. The molecule has 0 aliphatic carbocycles. The molecule has 1 atom stereocenters. The molecule has 2 N–H and O–H groups in total. The summed E-state index contributed by atoms with van der Waals surface area (Å²) < 4.78 is 1.23. The van der Waals surface area contributed by atoms with Crippen LogP contribution in [-0.2, 0) is 11.2 Å². The number of thiazole rings is 1. The van der Waals surface area contributed by atoms with Crippen molar-refractivity contribution in [3.63, 3.8) is 0 Å². The first-order valence-electron chi connectivity index (χ1n) is 10.2. The van der Waals surface area contributed by atoms with Crippen LogP contribution in [0, 0.1) is 5.92 Å². The maximum absolute atomic E-state index is 12.5. The van der Waals surface area contributed by atoms with E-state index in [0.29, 0.717) is 6.42 Å². The molecule has 5 nitrogen and oxygen atoms in total. The molecule has 0 aliphatic heterocycles. The first kappa shape index (κ1) is 19.6. The summed E-state index contributed by atoms with van der Waals surface area (Å²) in [4.78, 5) is 25.2. The van der Waals surface area contributed by atoms with Gasteiger partial charge in [0.25, 0.3) is 0 Å². The van der Waals surface area contributed by atoms with Gasteiger partial charge in [0.05, 0.1) is 32.3 Å². The summed E-state index contributed by atoms with van der Waals surface area (Å²) in [5, 5.41) is 4.32. The number of aryl methyl sites for hydroxylation is 1. The lowest BCUT2D eigenvalue weighted by atomic mass is 10.0. The second kappa shape index (κ2) is 8.74. The minimum absolute atomic E-state index is 0.0773. The van der Waals surface area contributed by atoms with Crippen LogP contribution in [0.1, 0.15) is 50.0 Å². The largest absolute Gasteiger partial charge is 0.346 e. The van der Waals surface area contributed by atoms with Crippen LogP contribution in [0.15, 0.2) is 48.5 Å². The van der Waals surface area contributed by atoms with Crippen molar-refractivity contribution >= 4 is 38.5 Å². The lowest BCUT2D eigenvalue weighted by Gasteiger charge is -2.20. The molecule has 150 valence electrons. The van der Waals surface area contributed by atoms with E-state index in [4.69, 9.17) is 0 Å². The van der Waals surface area contributed by atoms with Gasteiger partial charge in [-0.3, -0.25) is 4.79 Å². The maximum atomic E-state index is 12.5. The summed E-state index contributed by atoms with van der Waals surface area (Å²) >= 11 is 1.75. The fourth-order valence-corrected chi connectivity index (χ4v) is 4.51. The highest BCUT2D eigenvalue weighted by molar-refractivity contribution is 7.18. The smallest absolute Gasteiger partial charge is 0.220 e. The number of hydrogen-bond donors (Lipinski definition) is 2. The van der Waals surface area contributed by atoms with Crippen LogP contribution in [0.5, 0.6) is 0 Å². The minimum atomic E-state index is -0.112. The van der Waals surface area contributed by atoms with Crippen molar-refractivity contribution in [3.8, 4) is 0 Å². The Bertz CT molecular complexity index is 1050. The van der Waals surface area contributed by atoms with Gasteiger partial charge in [0.15, 0.2) is 0 Å². The van der Waals surface area contributed by atoms with E-state index in [2.05, 4.69) is 40.2 Å². The Morgan fingerprint density at radius 1 is 1.03 bits per heavy atom. The van der Waals surface area contributed by atoms with Crippen LogP contribution in [-0.4, -0.2) is 20.9 Å². The number of rotatable bonds is 8. The Kier molecular flexibility index (Phi) is 5.90. The van der Waals surface area contributed by atoms with Gasteiger partial charge < -0.3 is 10.3 Å². The third-order valence-electron chi connectivity index (χ3n) is 5.07. The van der Waals surface area contributed by atoms with Gasteiger partial charge in [0.2, 0.25) is 5.91 Å². The van der Waals surface area contributed by atoms with E-state index in [1.165, 1.54) is 4.70 Å². The highest BCUT2D eigenvalue weighted by atomic mass is 32.1. The highest BCUT2D eigenvalue weighted by Gasteiger charge is 2.21. The Hall–Kier alpha value is -2.73. The molecule has 0 unspecified atom stereocenters. The molecule has 0 aliphatic rings. The number of aromatic amines is 1. The van der Waals surface area contributed by atoms with Gasteiger partial charge in [-0.15, -0.1) is 11.3 Å². The zero-order chi connectivity index (χ0) is 20.2. The minimum Gasteiger partial charge on any atom is -0.346 e. The average molecular weight is 407 g/mol. The Morgan fingerprint density at radius 3 is 2.55 bits per heavy atom. The first-order valence-corrected chi connectivity index (χ1v) is 11.0. The number of H-pyrrole nitrogens is 1. The van der Waals surface area contributed by atoms with E-state index in [1.807, 2.05) is 42.5 Å². The molecule has 0 saturated carbocycles. The van der Waals surface area contributed by atoms with Crippen LogP contribution >= 0.6 is 11.3 Å². The molecule has 0 fully saturated rings. The van der Waals surface area contributed by atoms with Gasteiger partial charge in [-0.05, 0) is 49.4 Å². The Labute approximate surface area is 174 Å². The number of aromatic nitrogens is 3. The van der Waals surface area contributed by atoms with Crippen LogP contribution in [0.3, 0.4) is 0 Å². The standard InChI is InChI=1S/C23H26N4OS/c1-15(2)22(23-25-16-9-3-4-10-17(16)26-23)27-20(28)13-7-8-14-21-24-18-11-5-6-12-19(18)29-21/h3-6,9-12,15,22H,7-8,13-14H2,1-2H3,(H,25,26)(H,27,28)/t22-/m0/s1. The summed E-state index contributed by atoms with van der Waals surface area (Å²) in [6.45, 7) is 4.20. The van der Waals surface area contributed by atoms with Crippen molar-refractivity contribution < 1.29 is 4.79 Å². The number of amides is 1. The van der Waals surface area contributed by atoms with Crippen molar-refractivity contribution in [2.45, 2.75) is 45.6 Å². The number of nitrogens with zero attached hydrogens (tertiary/aromatic N) is 2. The predicted molar refractivity (Wildman–Crippen MR) is 119 cm³/mol. The second-order valence-electron chi connectivity index (χ2n) is 7.71. The van der Waals surface area contributed by atoms with Crippen LogP contribution in [0.25, 0.3) is 21.3 Å². The lowest BCUT2D eigenvalue weighted by molar-refractivity contribution is -0.122. The summed E-state index contributed by atoms with van der Waals surface area (Å²) in [7, 11) is 0. The predicted octanol–water partition coefficient (Wildman–Crippen LogP) is 5.40. The lowest BCUT2D eigenvalue weighted by Crippen LogP contribution is -2.32. The Balaban J connectivity index is 1.30. The van der Waals surface area contributed by atoms with Gasteiger partial charge >= 0.3 is 0 Å². The number of imidazole rings is 1. The Morgan fingerprint density at radius 2 is 1.79 bits per heavy atom. The maximum Gasteiger partial charge on any atom is 0.220 e. The monoisotopic (exact) mass is 406 g/mol. The number of fused-ring (bicyclic) bond motifs is 2. The number of para-hydroxylation sites is 3. The van der Waals surface area contributed by atoms with Crippen LogP contribution in [0.4, 0.5) is 0 Å². The molecule has 0 spiro atoms. The zero-order valence-corrected chi connectivity index (χ0v) is 17.6. The molecule has 29 heavy (non-hydrogen) atoms. The summed E-state index contributed by atoms with van der Waals surface area (Å²) in [6, 6.07) is 16.1. The fourth-order valence-electron chi connectivity index (χ4n) is 3.50. The van der Waals surface area contributed by atoms with Crippen molar-refractivity contribution in [3.05, 3.63) is 59.4 Å². The second-order valence-corrected chi connectivity index (χ2v) is 8.83.